The molecule has 24 heavy (non-hydrogen) atoms. The standard InChI is InChI=1S/C18H19ClN2O3/c1-13-10-15(12-24-13)18(23)21-8-6-20(7-9-21)17(22)11-14-2-4-16(19)5-3-14/h2-5,10,12H,6-9,11H2,1H3. The van der Waals surface area contributed by atoms with E-state index >= 15 is 0 Å². The molecule has 0 saturated carbocycles. The van der Waals surface area contributed by atoms with Crippen LogP contribution in [0, 0.1) is 6.92 Å². The van der Waals surface area contributed by atoms with E-state index in [1.165, 1.54) is 6.26 Å². The lowest BCUT2D eigenvalue weighted by Gasteiger charge is -2.34. The van der Waals surface area contributed by atoms with Gasteiger partial charge in [0.25, 0.3) is 5.91 Å². The summed E-state index contributed by atoms with van der Waals surface area (Å²) in [4.78, 5) is 28.3. The molecular formula is C18H19ClN2O3. The lowest BCUT2D eigenvalue weighted by molar-refractivity contribution is -0.131. The number of aryl methyl sites for hydroxylation is 1. The highest BCUT2D eigenvalue weighted by Crippen LogP contribution is 2.14. The van der Waals surface area contributed by atoms with Crippen LogP contribution in [0.25, 0.3) is 0 Å². The number of carbonyl (C=O) groups is 2. The molecule has 1 fully saturated rings. The number of hydrogen-bond acceptors (Lipinski definition) is 3. The third kappa shape index (κ3) is 3.79. The van der Waals surface area contributed by atoms with E-state index in [4.69, 9.17) is 16.0 Å². The minimum absolute atomic E-state index is 0.0448. The number of nitrogens with zero attached hydrogens (tertiary/aromatic N) is 2. The number of halogens is 1. The van der Waals surface area contributed by atoms with Crippen LogP contribution in [-0.4, -0.2) is 47.8 Å². The fourth-order valence-corrected chi connectivity index (χ4v) is 2.91. The van der Waals surface area contributed by atoms with Gasteiger partial charge >= 0.3 is 0 Å². The largest absolute Gasteiger partial charge is 0.469 e. The molecule has 0 bridgehead atoms. The van der Waals surface area contributed by atoms with Gasteiger partial charge in [-0.15, -0.1) is 0 Å². The van der Waals surface area contributed by atoms with Crippen LogP contribution in [0.15, 0.2) is 41.0 Å². The molecule has 2 heterocycles. The Morgan fingerprint density at radius 3 is 2.29 bits per heavy atom. The number of carbonyl (C=O) groups excluding carboxylic acids is 2. The number of furan rings is 1. The van der Waals surface area contributed by atoms with Crippen molar-refractivity contribution in [1.82, 2.24) is 9.80 Å². The Morgan fingerprint density at radius 2 is 1.71 bits per heavy atom. The summed E-state index contributed by atoms with van der Waals surface area (Å²) < 4.78 is 5.19. The third-order valence-corrected chi connectivity index (χ3v) is 4.42. The van der Waals surface area contributed by atoms with Crippen molar-refractivity contribution < 1.29 is 14.0 Å². The van der Waals surface area contributed by atoms with Crippen molar-refractivity contribution in [1.29, 1.82) is 0 Å². The smallest absolute Gasteiger partial charge is 0.257 e. The zero-order chi connectivity index (χ0) is 17.1. The van der Waals surface area contributed by atoms with E-state index in [1.807, 2.05) is 19.1 Å². The molecule has 0 N–H and O–H groups in total. The first-order valence-electron chi connectivity index (χ1n) is 7.89. The number of rotatable bonds is 3. The van der Waals surface area contributed by atoms with E-state index < -0.39 is 0 Å². The Labute approximate surface area is 145 Å². The highest BCUT2D eigenvalue weighted by atomic mass is 35.5. The van der Waals surface area contributed by atoms with Gasteiger partial charge in [-0.3, -0.25) is 9.59 Å². The highest BCUT2D eigenvalue weighted by molar-refractivity contribution is 6.30. The lowest BCUT2D eigenvalue weighted by Crippen LogP contribution is -2.50. The van der Waals surface area contributed by atoms with E-state index in [2.05, 4.69) is 0 Å². The highest BCUT2D eigenvalue weighted by Gasteiger charge is 2.25. The summed E-state index contributed by atoms with van der Waals surface area (Å²) in [6, 6.07) is 9.03. The topological polar surface area (TPSA) is 53.8 Å². The van der Waals surface area contributed by atoms with Gasteiger partial charge in [0.05, 0.1) is 12.0 Å². The Morgan fingerprint density at radius 1 is 1.08 bits per heavy atom. The van der Waals surface area contributed by atoms with E-state index in [-0.39, 0.29) is 11.8 Å². The molecule has 0 atom stereocenters. The van der Waals surface area contributed by atoms with Gasteiger partial charge in [0.1, 0.15) is 12.0 Å². The molecule has 0 radical (unpaired) electrons. The van der Waals surface area contributed by atoms with E-state index in [9.17, 15) is 9.59 Å². The van der Waals surface area contributed by atoms with Crippen LogP contribution < -0.4 is 0 Å². The van der Waals surface area contributed by atoms with Crippen LogP contribution >= 0.6 is 11.6 Å². The molecular weight excluding hydrogens is 328 g/mol. The van der Waals surface area contributed by atoms with Gasteiger partial charge in [-0.25, -0.2) is 0 Å². The predicted molar refractivity (Wildman–Crippen MR) is 91.1 cm³/mol. The summed E-state index contributed by atoms with van der Waals surface area (Å²) in [5.74, 6) is 0.746. The van der Waals surface area contributed by atoms with Crippen molar-refractivity contribution in [2.75, 3.05) is 26.2 Å². The fourth-order valence-electron chi connectivity index (χ4n) is 2.79. The Balaban J connectivity index is 1.53. The molecule has 6 heteroatoms. The molecule has 1 aliphatic rings. The van der Waals surface area contributed by atoms with Gasteiger partial charge in [-0.05, 0) is 30.7 Å². The zero-order valence-electron chi connectivity index (χ0n) is 13.5. The lowest BCUT2D eigenvalue weighted by atomic mass is 10.1. The first kappa shape index (κ1) is 16.6. The summed E-state index contributed by atoms with van der Waals surface area (Å²) in [5.41, 5.74) is 1.50. The van der Waals surface area contributed by atoms with Gasteiger partial charge in [-0.2, -0.15) is 0 Å². The van der Waals surface area contributed by atoms with Crippen molar-refractivity contribution in [3.8, 4) is 0 Å². The number of piperazine rings is 1. The third-order valence-electron chi connectivity index (χ3n) is 4.17. The SMILES string of the molecule is Cc1cc(C(=O)N2CCN(C(=O)Cc3ccc(Cl)cc3)CC2)co1. The molecule has 0 spiro atoms. The number of benzene rings is 1. The molecule has 1 aromatic heterocycles. The number of amides is 2. The summed E-state index contributed by atoms with van der Waals surface area (Å²) in [6.07, 6.45) is 1.84. The summed E-state index contributed by atoms with van der Waals surface area (Å²) in [6.45, 7) is 3.99. The minimum Gasteiger partial charge on any atom is -0.469 e. The minimum atomic E-state index is -0.0448. The van der Waals surface area contributed by atoms with Crippen LogP contribution in [0.1, 0.15) is 21.7 Å². The van der Waals surface area contributed by atoms with E-state index in [0.717, 1.165) is 11.3 Å². The molecule has 2 amide bonds. The Kier molecular flexibility index (Phi) is 4.90. The average Bonchev–Trinajstić information content (AvgIpc) is 3.03. The molecule has 3 rings (SSSR count). The Hall–Kier alpha value is -2.27. The molecule has 5 nitrogen and oxygen atoms in total. The van der Waals surface area contributed by atoms with Gasteiger partial charge in [0.2, 0.25) is 5.91 Å². The molecule has 2 aromatic rings. The molecule has 1 aliphatic heterocycles. The van der Waals surface area contributed by atoms with Gasteiger partial charge in [0, 0.05) is 31.2 Å². The summed E-state index contributed by atoms with van der Waals surface area (Å²) in [7, 11) is 0. The summed E-state index contributed by atoms with van der Waals surface area (Å²) >= 11 is 5.86. The van der Waals surface area contributed by atoms with Crippen LogP contribution in [0.5, 0.6) is 0 Å². The van der Waals surface area contributed by atoms with Crippen molar-refractivity contribution in [3.05, 3.63) is 58.5 Å². The van der Waals surface area contributed by atoms with E-state index in [0.29, 0.717) is 43.2 Å². The molecule has 0 unspecified atom stereocenters. The molecule has 0 aliphatic carbocycles. The van der Waals surface area contributed by atoms with Gasteiger partial charge in [-0.1, -0.05) is 23.7 Å². The Bertz CT molecular complexity index is 731. The van der Waals surface area contributed by atoms with Crippen molar-refractivity contribution >= 4 is 23.4 Å². The maximum atomic E-state index is 12.4. The summed E-state index contributed by atoms with van der Waals surface area (Å²) in [5, 5.41) is 0.660. The first-order valence-corrected chi connectivity index (χ1v) is 8.27. The second-order valence-corrected chi connectivity index (χ2v) is 6.36. The quantitative estimate of drug-likeness (QED) is 0.858. The normalized spacial score (nSPS) is 14.8. The second kappa shape index (κ2) is 7.09. The van der Waals surface area contributed by atoms with Crippen molar-refractivity contribution in [2.24, 2.45) is 0 Å². The monoisotopic (exact) mass is 346 g/mol. The predicted octanol–water partition coefficient (Wildman–Crippen LogP) is 2.77. The van der Waals surface area contributed by atoms with Crippen LogP contribution in [-0.2, 0) is 11.2 Å². The van der Waals surface area contributed by atoms with Crippen LogP contribution in [0.3, 0.4) is 0 Å². The molecule has 1 saturated heterocycles. The van der Waals surface area contributed by atoms with Crippen molar-refractivity contribution in [3.63, 3.8) is 0 Å². The maximum Gasteiger partial charge on any atom is 0.257 e. The molecule has 126 valence electrons. The maximum absolute atomic E-state index is 12.4. The molecule has 1 aromatic carbocycles. The van der Waals surface area contributed by atoms with Crippen LogP contribution in [0.2, 0.25) is 5.02 Å². The fraction of sp³-hybridized carbons (Fsp3) is 0.333. The first-order chi connectivity index (χ1) is 11.5. The number of hydrogen-bond donors (Lipinski definition) is 0. The van der Waals surface area contributed by atoms with Gasteiger partial charge < -0.3 is 14.2 Å². The zero-order valence-corrected chi connectivity index (χ0v) is 14.3. The van der Waals surface area contributed by atoms with Gasteiger partial charge in [0.15, 0.2) is 0 Å². The van der Waals surface area contributed by atoms with Crippen molar-refractivity contribution in [2.45, 2.75) is 13.3 Å². The average molecular weight is 347 g/mol. The van der Waals surface area contributed by atoms with E-state index in [1.54, 1.807) is 28.0 Å². The van der Waals surface area contributed by atoms with Crippen LogP contribution in [0.4, 0.5) is 0 Å². The second-order valence-electron chi connectivity index (χ2n) is 5.92.